The van der Waals surface area contributed by atoms with E-state index < -0.39 is 0 Å². The number of ether oxygens (including phenoxy) is 1. The number of carbonyl (C=O) groups is 2. The van der Waals surface area contributed by atoms with Crippen LogP contribution in [0, 0.1) is 0 Å². The summed E-state index contributed by atoms with van der Waals surface area (Å²) in [5.41, 5.74) is 3.63. The average molecular weight is 391 g/mol. The number of hydrogen-bond donors (Lipinski definition) is 1. The van der Waals surface area contributed by atoms with E-state index in [-0.39, 0.29) is 11.8 Å². The van der Waals surface area contributed by atoms with Crippen LogP contribution in [0.15, 0.2) is 54.6 Å². The summed E-state index contributed by atoms with van der Waals surface area (Å²) in [4.78, 5) is 28.3. The van der Waals surface area contributed by atoms with Gasteiger partial charge in [-0.2, -0.15) is 0 Å². The number of rotatable bonds is 5. The van der Waals surface area contributed by atoms with E-state index in [0.717, 1.165) is 48.7 Å². The normalized spacial score (nSPS) is 17.2. The molecule has 0 radical (unpaired) electrons. The second-order valence-corrected chi connectivity index (χ2v) is 7.18. The Kier molecular flexibility index (Phi) is 5.91. The molecule has 2 heterocycles. The van der Waals surface area contributed by atoms with E-state index in [1.165, 1.54) is 6.08 Å². The summed E-state index contributed by atoms with van der Waals surface area (Å²) in [5, 5.41) is 2.98. The predicted octanol–water partition coefficient (Wildman–Crippen LogP) is 3.30. The van der Waals surface area contributed by atoms with Crippen LogP contribution in [0.5, 0.6) is 0 Å². The van der Waals surface area contributed by atoms with Crippen LogP contribution in [-0.2, 0) is 14.3 Å². The molecule has 0 unspecified atom stereocenters. The molecule has 2 saturated heterocycles. The monoisotopic (exact) mass is 391 g/mol. The van der Waals surface area contributed by atoms with Gasteiger partial charge in [0.2, 0.25) is 11.8 Å². The van der Waals surface area contributed by atoms with Gasteiger partial charge in [-0.05, 0) is 42.3 Å². The molecule has 29 heavy (non-hydrogen) atoms. The molecule has 2 fully saturated rings. The zero-order valence-corrected chi connectivity index (χ0v) is 16.3. The number of nitrogens with zero attached hydrogens (tertiary/aromatic N) is 2. The SMILES string of the molecule is O=C(/C=C/c1ccc(N2CCCC2=O)cc1)Nc1ccccc1N1CCOCC1. The highest BCUT2D eigenvalue weighted by molar-refractivity contribution is 6.04. The fourth-order valence-corrected chi connectivity index (χ4v) is 3.69. The highest BCUT2D eigenvalue weighted by Crippen LogP contribution is 2.26. The molecule has 2 aliphatic rings. The van der Waals surface area contributed by atoms with Crippen molar-refractivity contribution in [3.63, 3.8) is 0 Å². The molecule has 150 valence electrons. The Morgan fingerprint density at radius 3 is 2.48 bits per heavy atom. The van der Waals surface area contributed by atoms with Crippen molar-refractivity contribution < 1.29 is 14.3 Å². The Morgan fingerprint density at radius 1 is 1.00 bits per heavy atom. The van der Waals surface area contributed by atoms with E-state index in [0.29, 0.717) is 19.6 Å². The lowest BCUT2D eigenvalue weighted by Crippen LogP contribution is -2.36. The predicted molar refractivity (Wildman–Crippen MR) is 115 cm³/mol. The van der Waals surface area contributed by atoms with Crippen LogP contribution in [0.25, 0.3) is 6.08 Å². The maximum absolute atomic E-state index is 12.4. The van der Waals surface area contributed by atoms with Gasteiger partial charge in [0, 0.05) is 37.8 Å². The largest absolute Gasteiger partial charge is 0.378 e. The molecule has 2 aromatic carbocycles. The van der Waals surface area contributed by atoms with Crippen molar-refractivity contribution in [2.24, 2.45) is 0 Å². The number of carbonyl (C=O) groups excluding carboxylic acids is 2. The highest BCUT2D eigenvalue weighted by Gasteiger charge is 2.21. The third kappa shape index (κ3) is 4.66. The molecule has 6 nitrogen and oxygen atoms in total. The fraction of sp³-hybridized carbons (Fsp3) is 0.304. The standard InChI is InChI=1S/C23H25N3O3/c27-22(24-20-4-1-2-5-21(20)25-14-16-29-17-15-25)12-9-18-7-10-19(11-8-18)26-13-3-6-23(26)28/h1-2,4-5,7-12H,3,6,13-17H2,(H,24,27)/b12-9+. The Hall–Kier alpha value is -3.12. The van der Waals surface area contributed by atoms with E-state index in [1.54, 1.807) is 6.08 Å². The molecule has 0 aromatic heterocycles. The van der Waals surface area contributed by atoms with Crippen molar-refractivity contribution in [2.45, 2.75) is 12.8 Å². The lowest BCUT2D eigenvalue weighted by molar-refractivity contribution is -0.117. The summed E-state index contributed by atoms with van der Waals surface area (Å²) in [6, 6.07) is 15.5. The molecule has 0 aliphatic carbocycles. The number of benzene rings is 2. The summed E-state index contributed by atoms with van der Waals surface area (Å²) >= 11 is 0. The molecule has 0 atom stereocenters. The topological polar surface area (TPSA) is 61.9 Å². The second kappa shape index (κ2) is 8.92. The third-order valence-electron chi connectivity index (χ3n) is 5.22. The summed E-state index contributed by atoms with van der Waals surface area (Å²) in [6.07, 6.45) is 4.84. The first-order valence-corrected chi connectivity index (χ1v) is 10.0. The summed E-state index contributed by atoms with van der Waals surface area (Å²) in [6.45, 7) is 3.80. The second-order valence-electron chi connectivity index (χ2n) is 7.18. The number of amides is 2. The van der Waals surface area contributed by atoms with Crippen LogP contribution in [0.1, 0.15) is 18.4 Å². The Labute approximate surface area is 170 Å². The molecule has 4 rings (SSSR count). The van der Waals surface area contributed by atoms with E-state index in [9.17, 15) is 9.59 Å². The Morgan fingerprint density at radius 2 is 1.76 bits per heavy atom. The van der Waals surface area contributed by atoms with Crippen LogP contribution >= 0.6 is 0 Å². The van der Waals surface area contributed by atoms with Crippen LogP contribution in [0.2, 0.25) is 0 Å². The quantitative estimate of drug-likeness (QED) is 0.795. The van der Waals surface area contributed by atoms with Crippen molar-refractivity contribution in [3.8, 4) is 0 Å². The molecule has 2 amide bonds. The van der Waals surface area contributed by atoms with Crippen LogP contribution in [0.3, 0.4) is 0 Å². The van der Waals surface area contributed by atoms with Crippen molar-refractivity contribution in [3.05, 3.63) is 60.2 Å². The molecule has 2 aromatic rings. The molecular formula is C23H25N3O3. The smallest absolute Gasteiger partial charge is 0.248 e. The third-order valence-corrected chi connectivity index (χ3v) is 5.22. The summed E-state index contributed by atoms with van der Waals surface area (Å²) < 4.78 is 5.41. The van der Waals surface area contributed by atoms with Crippen molar-refractivity contribution >= 4 is 35.0 Å². The first-order chi connectivity index (χ1) is 14.2. The molecule has 1 N–H and O–H groups in total. The minimum Gasteiger partial charge on any atom is -0.378 e. The van der Waals surface area contributed by atoms with Gasteiger partial charge in [-0.15, -0.1) is 0 Å². The Balaban J connectivity index is 1.40. The average Bonchev–Trinajstić information content (AvgIpc) is 3.19. The van der Waals surface area contributed by atoms with Gasteiger partial charge < -0.3 is 19.9 Å². The summed E-state index contributed by atoms with van der Waals surface area (Å²) in [7, 11) is 0. The van der Waals surface area contributed by atoms with E-state index >= 15 is 0 Å². The van der Waals surface area contributed by atoms with E-state index in [2.05, 4.69) is 10.2 Å². The number of hydrogen-bond acceptors (Lipinski definition) is 4. The van der Waals surface area contributed by atoms with Gasteiger partial charge in [-0.25, -0.2) is 0 Å². The van der Waals surface area contributed by atoms with E-state index in [4.69, 9.17) is 4.74 Å². The first kappa shape index (κ1) is 19.2. The number of morpholine rings is 1. The van der Waals surface area contributed by atoms with Gasteiger partial charge >= 0.3 is 0 Å². The first-order valence-electron chi connectivity index (χ1n) is 10.0. The Bertz CT molecular complexity index is 902. The number of anilines is 3. The zero-order chi connectivity index (χ0) is 20.1. The minimum atomic E-state index is -0.176. The lowest BCUT2D eigenvalue weighted by Gasteiger charge is -2.30. The van der Waals surface area contributed by atoms with Crippen molar-refractivity contribution in [1.29, 1.82) is 0 Å². The highest BCUT2D eigenvalue weighted by atomic mass is 16.5. The van der Waals surface area contributed by atoms with E-state index in [1.807, 2.05) is 53.4 Å². The van der Waals surface area contributed by atoms with Crippen LogP contribution in [-0.4, -0.2) is 44.7 Å². The molecule has 2 aliphatic heterocycles. The lowest BCUT2D eigenvalue weighted by atomic mass is 10.1. The molecular weight excluding hydrogens is 366 g/mol. The van der Waals surface area contributed by atoms with Crippen molar-refractivity contribution in [1.82, 2.24) is 0 Å². The minimum absolute atomic E-state index is 0.173. The van der Waals surface area contributed by atoms with Gasteiger partial charge in [0.25, 0.3) is 0 Å². The van der Waals surface area contributed by atoms with Gasteiger partial charge in [0.15, 0.2) is 0 Å². The molecule has 0 saturated carbocycles. The zero-order valence-electron chi connectivity index (χ0n) is 16.3. The fourth-order valence-electron chi connectivity index (χ4n) is 3.69. The maximum Gasteiger partial charge on any atom is 0.248 e. The number of para-hydroxylation sites is 2. The molecule has 0 spiro atoms. The maximum atomic E-state index is 12.4. The number of nitrogens with one attached hydrogen (secondary N) is 1. The van der Waals surface area contributed by atoms with Crippen LogP contribution in [0.4, 0.5) is 17.1 Å². The van der Waals surface area contributed by atoms with Crippen molar-refractivity contribution in [2.75, 3.05) is 48.0 Å². The molecule has 6 heteroatoms. The van der Waals surface area contributed by atoms with Gasteiger partial charge in [-0.3, -0.25) is 9.59 Å². The van der Waals surface area contributed by atoms with Gasteiger partial charge in [0.1, 0.15) is 0 Å². The summed E-state index contributed by atoms with van der Waals surface area (Å²) in [5.74, 6) is -0.00360. The molecule has 0 bridgehead atoms. The van der Waals surface area contributed by atoms with Gasteiger partial charge in [0.05, 0.1) is 24.6 Å². The van der Waals surface area contributed by atoms with Gasteiger partial charge in [-0.1, -0.05) is 24.3 Å². The van der Waals surface area contributed by atoms with Crippen LogP contribution < -0.4 is 15.1 Å².